The number of rotatable bonds is 4. The van der Waals surface area contributed by atoms with Crippen molar-refractivity contribution in [2.75, 3.05) is 0 Å². The van der Waals surface area contributed by atoms with Crippen molar-refractivity contribution in [1.82, 2.24) is 0 Å². The molecule has 7 heteroatoms. The smallest absolute Gasteiger partial charge is 0.375 e. The van der Waals surface area contributed by atoms with Crippen LogP contribution in [0.2, 0.25) is 0 Å². The fourth-order valence-corrected chi connectivity index (χ4v) is 1.99. The first-order chi connectivity index (χ1) is 8.23. The average molecular weight is 282 g/mol. The van der Waals surface area contributed by atoms with Crippen LogP contribution in [0.3, 0.4) is 0 Å². The van der Waals surface area contributed by atoms with E-state index >= 15 is 0 Å². The van der Waals surface area contributed by atoms with E-state index in [1.165, 1.54) is 0 Å². The minimum atomic E-state index is -5.62. The zero-order valence-electron chi connectivity index (χ0n) is 9.91. The summed E-state index contributed by atoms with van der Waals surface area (Å²) >= 11 is 0. The van der Waals surface area contributed by atoms with Gasteiger partial charge in [-0.1, -0.05) is 32.0 Å². The topological polar surface area (TPSA) is 43.4 Å². The van der Waals surface area contributed by atoms with Gasteiger partial charge in [0.05, 0.1) is 0 Å². The maximum Gasteiger partial charge on any atom is 0.534 e. The Hall–Kier alpha value is -1.24. The Bertz CT molecular complexity index is 499. The summed E-state index contributed by atoms with van der Waals surface area (Å²) in [7, 11) is -5.62. The lowest BCUT2D eigenvalue weighted by Crippen LogP contribution is -2.28. The third-order valence-electron chi connectivity index (χ3n) is 2.42. The predicted molar refractivity (Wildman–Crippen MR) is 60.8 cm³/mol. The largest absolute Gasteiger partial charge is 0.534 e. The Morgan fingerprint density at radius 3 is 1.89 bits per heavy atom. The number of benzene rings is 1. The maximum absolute atomic E-state index is 12.3. The van der Waals surface area contributed by atoms with Gasteiger partial charge in [0.25, 0.3) is 0 Å². The maximum atomic E-state index is 12.3. The molecule has 0 radical (unpaired) electrons. The number of para-hydroxylation sites is 1. The zero-order valence-corrected chi connectivity index (χ0v) is 10.7. The number of hydrogen-bond acceptors (Lipinski definition) is 3. The molecule has 0 bridgehead atoms. The Morgan fingerprint density at radius 1 is 1.11 bits per heavy atom. The van der Waals surface area contributed by atoms with Crippen LogP contribution in [0.15, 0.2) is 18.2 Å². The van der Waals surface area contributed by atoms with E-state index in [1.807, 2.05) is 0 Å². The summed E-state index contributed by atoms with van der Waals surface area (Å²) in [5.74, 6) is -0.208. The van der Waals surface area contributed by atoms with Gasteiger partial charge in [0.2, 0.25) is 0 Å². The van der Waals surface area contributed by atoms with E-state index in [1.54, 1.807) is 32.0 Å². The molecule has 0 aromatic heterocycles. The summed E-state index contributed by atoms with van der Waals surface area (Å²) in [6.07, 6.45) is 0.771. The first-order valence-electron chi connectivity index (χ1n) is 5.34. The monoisotopic (exact) mass is 282 g/mol. The van der Waals surface area contributed by atoms with Crippen LogP contribution in [0.1, 0.15) is 25.0 Å². The molecule has 1 aromatic carbocycles. The van der Waals surface area contributed by atoms with Crippen molar-refractivity contribution in [2.45, 2.75) is 32.2 Å². The molecule has 0 N–H and O–H groups in total. The van der Waals surface area contributed by atoms with Gasteiger partial charge < -0.3 is 4.18 Å². The molecule has 0 atom stereocenters. The van der Waals surface area contributed by atoms with Crippen molar-refractivity contribution in [3.63, 3.8) is 0 Å². The summed E-state index contributed by atoms with van der Waals surface area (Å²) in [5, 5.41) is 0. The third-order valence-corrected chi connectivity index (χ3v) is 3.37. The zero-order chi connectivity index (χ0) is 14.0. The van der Waals surface area contributed by atoms with Crippen molar-refractivity contribution in [2.24, 2.45) is 0 Å². The van der Waals surface area contributed by atoms with Crippen molar-refractivity contribution in [3.05, 3.63) is 29.3 Å². The number of alkyl halides is 3. The Labute approximate surface area is 104 Å². The lowest BCUT2D eigenvalue weighted by atomic mass is 10.1. The molecule has 0 aliphatic heterocycles. The predicted octanol–water partition coefficient (Wildman–Crippen LogP) is 3.04. The Morgan fingerprint density at radius 2 is 1.56 bits per heavy atom. The molecule has 18 heavy (non-hydrogen) atoms. The highest BCUT2D eigenvalue weighted by Crippen LogP contribution is 2.32. The molecule has 0 aliphatic rings. The SMILES string of the molecule is CCc1cccc(CC)c1OS(=O)(=O)C(F)(F)F. The summed E-state index contributed by atoms with van der Waals surface area (Å²) in [6.45, 7) is 3.42. The van der Waals surface area contributed by atoms with E-state index in [4.69, 9.17) is 0 Å². The summed E-state index contributed by atoms with van der Waals surface area (Å²) in [4.78, 5) is 0. The van der Waals surface area contributed by atoms with Gasteiger partial charge in [-0.15, -0.1) is 0 Å². The van der Waals surface area contributed by atoms with Crippen LogP contribution in [0, 0.1) is 0 Å². The molecule has 0 spiro atoms. The van der Waals surface area contributed by atoms with Crippen LogP contribution in [-0.2, 0) is 23.0 Å². The molecular formula is C11H13F3O3S. The van der Waals surface area contributed by atoms with E-state index in [0.717, 1.165) is 0 Å². The first-order valence-corrected chi connectivity index (χ1v) is 6.75. The highest BCUT2D eigenvalue weighted by molar-refractivity contribution is 7.88. The fourth-order valence-electron chi connectivity index (χ4n) is 1.46. The van der Waals surface area contributed by atoms with Gasteiger partial charge in [-0.3, -0.25) is 0 Å². The minimum absolute atomic E-state index is 0.208. The van der Waals surface area contributed by atoms with Crippen molar-refractivity contribution in [3.8, 4) is 5.75 Å². The van der Waals surface area contributed by atoms with E-state index < -0.39 is 15.6 Å². The highest BCUT2D eigenvalue weighted by atomic mass is 32.2. The molecule has 1 rings (SSSR count). The second kappa shape index (κ2) is 5.17. The Kier molecular flexibility index (Phi) is 4.26. The first kappa shape index (κ1) is 14.8. The van der Waals surface area contributed by atoms with Crippen molar-refractivity contribution in [1.29, 1.82) is 0 Å². The van der Waals surface area contributed by atoms with Crippen LogP contribution in [-0.4, -0.2) is 13.9 Å². The van der Waals surface area contributed by atoms with Gasteiger partial charge in [-0.05, 0) is 24.0 Å². The lowest BCUT2D eigenvalue weighted by molar-refractivity contribution is -0.0500. The van der Waals surface area contributed by atoms with Crippen LogP contribution in [0.5, 0.6) is 5.75 Å². The molecule has 0 fully saturated rings. The fraction of sp³-hybridized carbons (Fsp3) is 0.455. The quantitative estimate of drug-likeness (QED) is 0.629. The molecule has 102 valence electrons. The van der Waals surface area contributed by atoms with E-state index in [9.17, 15) is 21.6 Å². The van der Waals surface area contributed by atoms with Crippen molar-refractivity contribution >= 4 is 10.1 Å². The van der Waals surface area contributed by atoms with Gasteiger partial charge >= 0.3 is 15.6 Å². The third kappa shape index (κ3) is 2.95. The van der Waals surface area contributed by atoms with E-state index in [0.29, 0.717) is 24.0 Å². The van der Waals surface area contributed by atoms with Crippen LogP contribution in [0.4, 0.5) is 13.2 Å². The van der Waals surface area contributed by atoms with Crippen LogP contribution < -0.4 is 4.18 Å². The van der Waals surface area contributed by atoms with E-state index in [2.05, 4.69) is 4.18 Å². The van der Waals surface area contributed by atoms with Gasteiger partial charge in [0, 0.05) is 0 Å². The molecule has 0 unspecified atom stereocenters. The highest BCUT2D eigenvalue weighted by Gasteiger charge is 2.49. The number of halogens is 3. The van der Waals surface area contributed by atoms with Gasteiger partial charge in [0.15, 0.2) is 0 Å². The second-order valence-electron chi connectivity index (χ2n) is 3.60. The molecule has 0 aliphatic carbocycles. The number of aryl methyl sites for hydroxylation is 2. The molecule has 1 aromatic rings. The van der Waals surface area contributed by atoms with Gasteiger partial charge in [-0.2, -0.15) is 21.6 Å². The normalized spacial score (nSPS) is 12.5. The second-order valence-corrected chi connectivity index (χ2v) is 5.13. The average Bonchev–Trinajstić information content (AvgIpc) is 2.27. The molecule has 0 heterocycles. The van der Waals surface area contributed by atoms with E-state index in [-0.39, 0.29) is 5.75 Å². The van der Waals surface area contributed by atoms with Crippen LogP contribution in [0.25, 0.3) is 0 Å². The minimum Gasteiger partial charge on any atom is -0.375 e. The van der Waals surface area contributed by atoms with Crippen molar-refractivity contribution < 1.29 is 25.8 Å². The lowest BCUT2D eigenvalue weighted by Gasteiger charge is -2.15. The molecule has 0 amide bonds. The molecule has 0 saturated carbocycles. The molecule has 3 nitrogen and oxygen atoms in total. The number of hydrogen-bond donors (Lipinski definition) is 0. The summed E-state index contributed by atoms with van der Waals surface area (Å²) in [6, 6.07) is 4.74. The molecular weight excluding hydrogens is 269 g/mol. The molecule has 0 saturated heterocycles. The van der Waals surface area contributed by atoms with Gasteiger partial charge in [-0.25, -0.2) is 0 Å². The summed E-state index contributed by atoms with van der Waals surface area (Å²) in [5.41, 5.74) is -4.55. The van der Waals surface area contributed by atoms with Gasteiger partial charge in [0.1, 0.15) is 5.75 Å². The standard InChI is InChI=1S/C11H13F3O3S/c1-3-8-6-5-7-9(4-2)10(8)17-18(15,16)11(12,13)14/h5-7H,3-4H2,1-2H3. The summed E-state index contributed by atoms with van der Waals surface area (Å²) < 4.78 is 63.1. The Balaban J connectivity index is 3.27. The van der Waals surface area contributed by atoms with Crippen LogP contribution >= 0.6 is 0 Å².